The highest BCUT2D eigenvalue weighted by atomic mass is 35.5. The van der Waals surface area contributed by atoms with E-state index in [1.807, 2.05) is 4.90 Å². The fraction of sp³-hybridized carbons (Fsp3) is 0.611. The molecule has 2 saturated heterocycles. The van der Waals surface area contributed by atoms with Crippen LogP contribution in [0.3, 0.4) is 0 Å². The molecule has 2 amide bonds. The molecule has 2 atom stereocenters. The predicted octanol–water partition coefficient (Wildman–Crippen LogP) is 2.93. The van der Waals surface area contributed by atoms with Gasteiger partial charge >= 0.3 is 6.03 Å². The monoisotopic (exact) mass is 368 g/mol. The van der Waals surface area contributed by atoms with E-state index in [9.17, 15) is 9.18 Å². The van der Waals surface area contributed by atoms with Crippen molar-refractivity contribution >= 4 is 17.6 Å². The van der Waals surface area contributed by atoms with Crippen LogP contribution in [0.15, 0.2) is 18.2 Å². The maximum atomic E-state index is 14.0. The standard InChI is InChI=1S/C18H22ClFN2O3/c19-13-2-1-3-14(20)16(13)12-10-15(12)21-17(23)22-6-9-25-18(11-22)4-7-24-8-5-18/h1-3,12,15H,4-11H2,(H,21,23)/t12-,15-/m1/s1. The van der Waals surface area contributed by atoms with E-state index < -0.39 is 0 Å². The molecule has 1 saturated carbocycles. The third-order valence-corrected chi connectivity index (χ3v) is 5.74. The molecule has 7 heteroatoms. The minimum atomic E-state index is -0.304. The van der Waals surface area contributed by atoms with Gasteiger partial charge in [-0.3, -0.25) is 0 Å². The Morgan fingerprint density at radius 3 is 2.88 bits per heavy atom. The Balaban J connectivity index is 1.37. The van der Waals surface area contributed by atoms with Gasteiger partial charge in [0.1, 0.15) is 5.82 Å². The van der Waals surface area contributed by atoms with Crippen LogP contribution in [0.2, 0.25) is 5.02 Å². The van der Waals surface area contributed by atoms with Gasteiger partial charge in [0.2, 0.25) is 0 Å². The number of carbonyl (C=O) groups excluding carboxylic acids is 1. The second-order valence-electron chi connectivity index (χ2n) is 7.10. The van der Waals surface area contributed by atoms with E-state index in [0.29, 0.717) is 43.5 Å². The highest BCUT2D eigenvalue weighted by Crippen LogP contribution is 2.45. The number of hydrogen-bond donors (Lipinski definition) is 1. The third-order valence-electron chi connectivity index (χ3n) is 5.41. The zero-order valence-corrected chi connectivity index (χ0v) is 14.7. The molecular weight excluding hydrogens is 347 g/mol. The van der Waals surface area contributed by atoms with E-state index in [1.165, 1.54) is 6.07 Å². The summed E-state index contributed by atoms with van der Waals surface area (Å²) in [5.74, 6) is -0.350. The molecule has 5 nitrogen and oxygen atoms in total. The van der Waals surface area contributed by atoms with Crippen LogP contribution >= 0.6 is 11.6 Å². The van der Waals surface area contributed by atoms with Gasteiger partial charge in [-0.05, 0) is 18.6 Å². The highest BCUT2D eigenvalue weighted by Gasteiger charge is 2.45. The Kier molecular flexibility index (Phi) is 4.60. The van der Waals surface area contributed by atoms with Crippen molar-refractivity contribution in [1.29, 1.82) is 0 Å². The van der Waals surface area contributed by atoms with Gasteiger partial charge in [-0.2, -0.15) is 0 Å². The summed E-state index contributed by atoms with van der Waals surface area (Å²) >= 11 is 6.12. The van der Waals surface area contributed by atoms with E-state index >= 15 is 0 Å². The molecule has 0 unspecified atom stereocenters. The van der Waals surface area contributed by atoms with Crippen molar-refractivity contribution in [3.8, 4) is 0 Å². The van der Waals surface area contributed by atoms with Crippen molar-refractivity contribution in [2.45, 2.75) is 36.8 Å². The molecule has 3 aliphatic rings. The molecule has 25 heavy (non-hydrogen) atoms. The number of hydrogen-bond acceptors (Lipinski definition) is 3. The molecule has 4 rings (SSSR count). The molecule has 0 aromatic heterocycles. The van der Waals surface area contributed by atoms with Crippen molar-refractivity contribution < 1.29 is 18.7 Å². The zero-order valence-electron chi connectivity index (χ0n) is 14.0. The van der Waals surface area contributed by atoms with Crippen molar-refractivity contribution in [2.24, 2.45) is 0 Å². The molecule has 2 aliphatic heterocycles. The van der Waals surface area contributed by atoms with Gasteiger partial charge in [0.15, 0.2) is 0 Å². The first-order chi connectivity index (χ1) is 12.1. The summed E-state index contributed by atoms with van der Waals surface area (Å²) in [5, 5.41) is 3.45. The lowest BCUT2D eigenvalue weighted by Crippen LogP contribution is -2.58. The van der Waals surface area contributed by atoms with E-state index in [0.717, 1.165) is 19.3 Å². The van der Waals surface area contributed by atoms with Gasteiger partial charge in [0.05, 0.1) is 18.8 Å². The van der Waals surface area contributed by atoms with Crippen LogP contribution < -0.4 is 5.32 Å². The summed E-state index contributed by atoms with van der Waals surface area (Å²) in [6, 6.07) is 4.53. The number of benzene rings is 1. The maximum Gasteiger partial charge on any atom is 0.317 e. The first-order valence-electron chi connectivity index (χ1n) is 8.79. The fourth-order valence-electron chi connectivity index (χ4n) is 3.85. The third kappa shape index (κ3) is 3.48. The van der Waals surface area contributed by atoms with Crippen molar-refractivity contribution in [3.05, 3.63) is 34.6 Å². The Morgan fingerprint density at radius 2 is 2.12 bits per heavy atom. The summed E-state index contributed by atoms with van der Waals surface area (Å²) in [4.78, 5) is 14.4. The van der Waals surface area contributed by atoms with Crippen molar-refractivity contribution in [3.63, 3.8) is 0 Å². The van der Waals surface area contributed by atoms with Crippen LogP contribution in [0.1, 0.15) is 30.7 Å². The lowest BCUT2D eigenvalue weighted by molar-refractivity contribution is -0.145. The quantitative estimate of drug-likeness (QED) is 0.873. The van der Waals surface area contributed by atoms with Gasteiger partial charge < -0.3 is 19.7 Å². The van der Waals surface area contributed by atoms with Crippen LogP contribution in [0, 0.1) is 5.82 Å². The normalized spacial score (nSPS) is 28.0. The van der Waals surface area contributed by atoms with Crippen LogP contribution in [-0.2, 0) is 9.47 Å². The van der Waals surface area contributed by atoms with Crippen LogP contribution in [0.5, 0.6) is 0 Å². The van der Waals surface area contributed by atoms with Crippen LogP contribution in [0.25, 0.3) is 0 Å². The van der Waals surface area contributed by atoms with Crippen LogP contribution in [-0.4, -0.2) is 55.5 Å². The first kappa shape index (κ1) is 17.1. The van der Waals surface area contributed by atoms with Crippen molar-refractivity contribution in [1.82, 2.24) is 10.2 Å². The molecular formula is C18H22ClFN2O3. The number of rotatable bonds is 2. The fourth-order valence-corrected chi connectivity index (χ4v) is 4.16. The number of nitrogens with zero attached hydrogens (tertiary/aromatic N) is 1. The molecule has 0 bridgehead atoms. The number of ether oxygens (including phenoxy) is 2. The second kappa shape index (κ2) is 6.74. The molecule has 3 fully saturated rings. The molecule has 1 spiro atoms. The Hall–Kier alpha value is -1.37. The number of halogens is 2. The predicted molar refractivity (Wildman–Crippen MR) is 91.4 cm³/mol. The summed E-state index contributed by atoms with van der Waals surface area (Å²) in [6.07, 6.45) is 2.34. The molecule has 1 aromatic carbocycles. The van der Waals surface area contributed by atoms with E-state index in [2.05, 4.69) is 5.32 Å². The Morgan fingerprint density at radius 1 is 1.32 bits per heavy atom. The first-order valence-corrected chi connectivity index (χ1v) is 9.17. The van der Waals surface area contributed by atoms with Crippen molar-refractivity contribution in [2.75, 3.05) is 32.9 Å². The Labute approximate surface area is 151 Å². The smallest absolute Gasteiger partial charge is 0.317 e. The largest absolute Gasteiger partial charge is 0.381 e. The van der Waals surface area contributed by atoms with Gasteiger partial charge in [-0.1, -0.05) is 17.7 Å². The zero-order chi connectivity index (χ0) is 17.4. The summed E-state index contributed by atoms with van der Waals surface area (Å²) in [7, 11) is 0. The average Bonchev–Trinajstić information content (AvgIpc) is 3.34. The molecule has 1 aromatic rings. The minimum absolute atomic E-state index is 0.0456. The number of amides is 2. The van der Waals surface area contributed by atoms with Gasteiger partial charge in [0.25, 0.3) is 0 Å². The summed E-state index contributed by atoms with van der Waals surface area (Å²) < 4.78 is 25.4. The number of nitrogens with one attached hydrogen (secondary N) is 1. The highest BCUT2D eigenvalue weighted by molar-refractivity contribution is 6.31. The lowest BCUT2D eigenvalue weighted by atomic mass is 9.92. The summed E-state index contributed by atoms with van der Waals surface area (Å²) in [6.45, 7) is 3.05. The molecule has 2 heterocycles. The molecule has 1 N–H and O–H groups in total. The topological polar surface area (TPSA) is 50.8 Å². The van der Waals surface area contributed by atoms with Gasteiger partial charge in [0, 0.05) is 55.1 Å². The van der Waals surface area contributed by atoms with E-state index in [1.54, 1.807) is 12.1 Å². The SMILES string of the molecule is O=C(N[C@@H]1C[C@H]1c1c(F)cccc1Cl)N1CCOC2(CCOCC2)C1. The number of morpholine rings is 1. The Bertz CT molecular complexity index is 640. The number of carbonyl (C=O) groups is 1. The average molecular weight is 369 g/mol. The molecule has 136 valence electrons. The maximum absolute atomic E-state index is 14.0. The molecule has 1 aliphatic carbocycles. The minimum Gasteiger partial charge on any atom is -0.381 e. The lowest BCUT2D eigenvalue weighted by Gasteiger charge is -2.44. The van der Waals surface area contributed by atoms with Crippen LogP contribution in [0.4, 0.5) is 9.18 Å². The van der Waals surface area contributed by atoms with Gasteiger partial charge in [-0.15, -0.1) is 0 Å². The summed E-state index contributed by atoms with van der Waals surface area (Å²) in [5.41, 5.74) is 0.239. The van der Waals surface area contributed by atoms with E-state index in [-0.39, 0.29) is 29.4 Å². The number of urea groups is 1. The van der Waals surface area contributed by atoms with Gasteiger partial charge in [-0.25, -0.2) is 9.18 Å². The molecule has 0 radical (unpaired) electrons. The van der Waals surface area contributed by atoms with E-state index in [4.69, 9.17) is 21.1 Å². The second-order valence-corrected chi connectivity index (χ2v) is 7.51.